The Morgan fingerprint density at radius 3 is 0.816 bits per heavy atom. The van der Waals surface area contributed by atoms with Gasteiger partial charge < -0.3 is 20.3 Å². The molecule has 1 amide bonds. The van der Waals surface area contributed by atoms with Gasteiger partial charge in [-0.15, -0.1) is 0 Å². The molecule has 0 aliphatic rings. The van der Waals surface area contributed by atoms with Crippen LogP contribution in [0.1, 0.15) is 457 Å². The van der Waals surface area contributed by atoms with Gasteiger partial charge in [0.05, 0.1) is 25.4 Å². The maximum absolute atomic E-state index is 12.5. The van der Waals surface area contributed by atoms with E-state index in [1.54, 1.807) is 6.08 Å². The average molecular weight is 1230 g/mol. The Morgan fingerprint density at radius 2 is 0.540 bits per heavy atom. The highest BCUT2D eigenvalue weighted by molar-refractivity contribution is 5.76. The minimum Gasteiger partial charge on any atom is -0.466 e. The standard InChI is InChI=1S/C81H157NO5/c1-3-5-7-9-11-13-15-17-19-21-23-38-41-45-49-53-57-61-65-69-73-79(84)78(77-83)82-80(85)74-70-66-62-58-54-50-46-42-39-36-34-32-30-28-26-24-25-27-29-31-33-35-37-40-44-48-52-56-60-64-68-72-76-87-81(86)75-71-67-63-59-55-51-47-43-22-20-18-16-14-12-10-8-6-4-2/h27,29,69,73,78-79,83-84H,3-26,28,30-68,70-72,74-77H2,1-2H3,(H,82,85)/b29-27-,73-69+. The molecule has 0 aromatic carbocycles. The van der Waals surface area contributed by atoms with Gasteiger partial charge in [-0.25, -0.2) is 0 Å². The molecule has 0 saturated carbocycles. The SMILES string of the molecule is CCCCCCCCCCCCCCCCCCCC/C=C/C(O)C(CO)NC(=O)CCCCCCCCCCCCCCCCCC/C=C\CCCCCCCCCCCCCCOC(=O)CCCCCCCCCCCCCCCCCCCC. The molecule has 2 atom stereocenters. The number of amides is 1. The number of rotatable bonds is 76. The van der Waals surface area contributed by atoms with Crippen LogP contribution in [-0.2, 0) is 14.3 Å². The van der Waals surface area contributed by atoms with Crippen molar-refractivity contribution in [2.24, 2.45) is 0 Å². The van der Waals surface area contributed by atoms with Gasteiger partial charge in [0.1, 0.15) is 0 Å². The molecule has 0 aliphatic carbocycles. The Bertz CT molecular complexity index is 1360. The normalized spacial score (nSPS) is 12.6. The molecular weight excluding hydrogens is 1070 g/mol. The van der Waals surface area contributed by atoms with E-state index in [2.05, 4.69) is 31.3 Å². The number of ether oxygens (including phenoxy) is 1. The van der Waals surface area contributed by atoms with Crippen molar-refractivity contribution < 1.29 is 24.5 Å². The maximum atomic E-state index is 12.5. The number of unbranched alkanes of at least 4 members (excludes halogenated alkanes) is 63. The highest BCUT2D eigenvalue weighted by Gasteiger charge is 2.18. The molecular formula is C81H157NO5. The van der Waals surface area contributed by atoms with Gasteiger partial charge >= 0.3 is 5.97 Å². The first-order chi connectivity index (χ1) is 43.0. The number of aliphatic hydroxyl groups excluding tert-OH is 2. The van der Waals surface area contributed by atoms with Crippen LogP contribution in [0.3, 0.4) is 0 Å². The second-order valence-electron chi connectivity index (χ2n) is 27.8. The number of hydrogen-bond donors (Lipinski definition) is 3. The second-order valence-corrected chi connectivity index (χ2v) is 27.8. The third-order valence-electron chi connectivity index (χ3n) is 19.0. The Labute approximate surface area is 545 Å². The van der Waals surface area contributed by atoms with E-state index in [-0.39, 0.29) is 18.5 Å². The monoisotopic (exact) mass is 1220 g/mol. The van der Waals surface area contributed by atoms with Crippen molar-refractivity contribution in [2.45, 2.75) is 469 Å². The molecule has 0 aromatic heterocycles. The summed E-state index contributed by atoms with van der Waals surface area (Å²) in [6.07, 6.45) is 98.8. The molecule has 516 valence electrons. The van der Waals surface area contributed by atoms with E-state index in [4.69, 9.17) is 4.74 Å². The minimum absolute atomic E-state index is 0.0234. The Morgan fingerprint density at radius 1 is 0.310 bits per heavy atom. The van der Waals surface area contributed by atoms with Crippen LogP contribution in [0.2, 0.25) is 0 Å². The van der Waals surface area contributed by atoms with Gasteiger partial charge in [-0.05, 0) is 57.8 Å². The summed E-state index contributed by atoms with van der Waals surface area (Å²) < 4.78 is 5.52. The third kappa shape index (κ3) is 73.3. The topological polar surface area (TPSA) is 95.9 Å². The van der Waals surface area contributed by atoms with Crippen molar-refractivity contribution in [3.63, 3.8) is 0 Å². The number of carbonyl (C=O) groups excluding carboxylic acids is 2. The van der Waals surface area contributed by atoms with E-state index in [1.807, 2.05) is 6.08 Å². The molecule has 0 spiro atoms. The first-order valence-corrected chi connectivity index (χ1v) is 40.1. The average Bonchev–Trinajstić information content (AvgIpc) is 3.54. The van der Waals surface area contributed by atoms with E-state index in [1.165, 1.54) is 392 Å². The predicted molar refractivity (Wildman–Crippen MR) is 384 cm³/mol. The van der Waals surface area contributed by atoms with Crippen LogP contribution in [0.4, 0.5) is 0 Å². The summed E-state index contributed by atoms with van der Waals surface area (Å²) in [4.78, 5) is 24.7. The van der Waals surface area contributed by atoms with Crippen molar-refractivity contribution in [3.05, 3.63) is 24.3 Å². The third-order valence-corrected chi connectivity index (χ3v) is 19.0. The number of esters is 1. The quantitative estimate of drug-likeness (QED) is 0.0320. The smallest absolute Gasteiger partial charge is 0.305 e. The van der Waals surface area contributed by atoms with Crippen molar-refractivity contribution in [2.75, 3.05) is 13.2 Å². The van der Waals surface area contributed by atoms with Crippen LogP contribution in [0.5, 0.6) is 0 Å². The first-order valence-electron chi connectivity index (χ1n) is 40.1. The maximum Gasteiger partial charge on any atom is 0.305 e. The zero-order chi connectivity index (χ0) is 62.8. The lowest BCUT2D eigenvalue weighted by atomic mass is 10.0. The summed E-state index contributed by atoms with van der Waals surface area (Å²) in [6.45, 7) is 4.96. The number of carbonyl (C=O) groups is 2. The van der Waals surface area contributed by atoms with Crippen LogP contribution < -0.4 is 5.32 Å². The van der Waals surface area contributed by atoms with E-state index < -0.39 is 12.1 Å². The lowest BCUT2D eigenvalue weighted by Crippen LogP contribution is -2.45. The zero-order valence-electron chi connectivity index (χ0n) is 59.3. The molecule has 0 heterocycles. The molecule has 6 nitrogen and oxygen atoms in total. The van der Waals surface area contributed by atoms with Gasteiger partial charge in [0, 0.05) is 12.8 Å². The summed E-state index contributed by atoms with van der Waals surface area (Å²) in [5.41, 5.74) is 0. The lowest BCUT2D eigenvalue weighted by Gasteiger charge is -2.20. The van der Waals surface area contributed by atoms with Crippen molar-refractivity contribution >= 4 is 11.9 Å². The summed E-state index contributed by atoms with van der Waals surface area (Å²) in [5.74, 6) is -0.0373. The summed E-state index contributed by atoms with van der Waals surface area (Å²) >= 11 is 0. The Hall–Kier alpha value is -1.66. The fourth-order valence-corrected chi connectivity index (χ4v) is 12.9. The van der Waals surface area contributed by atoms with Gasteiger partial charge in [0.15, 0.2) is 0 Å². The van der Waals surface area contributed by atoms with Crippen LogP contribution in [0.25, 0.3) is 0 Å². The van der Waals surface area contributed by atoms with Gasteiger partial charge in [-0.3, -0.25) is 9.59 Å². The molecule has 0 aromatic rings. The molecule has 3 N–H and O–H groups in total. The molecule has 0 rings (SSSR count). The first kappa shape index (κ1) is 85.3. The largest absolute Gasteiger partial charge is 0.466 e. The molecule has 87 heavy (non-hydrogen) atoms. The molecule has 6 heteroatoms. The number of aliphatic hydroxyl groups is 2. The number of nitrogens with one attached hydrogen (secondary N) is 1. The van der Waals surface area contributed by atoms with E-state index in [9.17, 15) is 19.8 Å². The van der Waals surface area contributed by atoms with Crippen LogP contribution in [-0.4, -0.2) is 47.4 Å². The van der Waals surface area contributed by atoms with E-state index >= 15 is 0 Å². The molecule has 0 fully saturated rings. The number of allylic oxidation sites excluding steroid dienone is 3. The van der Waals surface area contributed by atoms with Crippen molar-refractivity contribution in [3.8, 4) is 0 Å². The predicted octanol–water partition coefficient (Wildman–Crippen LogP) is 26.4. The van der Waals surface area contributed by atoms with Gasteiger partial charge in [0.2, 0.25) is 5.91 Å². The lowest BCUT2D eigenvalue weighted by molar-refractivity contribution is -0.143. The summed E-state index contributed by atoms with van der Waals surface area (Å²) in [7, 11) is 0. The van der Waals surface area contributed by atoms with Crippen molar-refractivity contribution in [1.29, 1.82) is 0 Å². The zero-order valence-corrected chi connectivity index (χ0v) is 59.3. The van der Waals surface area contributed by atoms with E-state index in [0.717, 1.165) is 38.5 Å². The van der Waals surface area contributed by atoms with Crippen LogP contribution in [0.15, 0.2) is 24.3 Å². The molecule has 0 saturated heterocycles. The fourth-order valence-electron chi connectivity index (χ4n) is 12.9. The second kappa shape index (κ2) is 76.8. The molecule has 0 bridgehead atoms. The highest BCUT2D eigenvalue weighted by Crippen LogP contribution is 2.20. The van der Waals surface area contributed by atoms with Gasteiger partial charge in [-0.1, -0.05) is 411 Å². The molecule has 0 radical (unpaired) electrons. The van der Waals surface area contributed by atoms with Gasteiger partial charge in [0.25, 0.3) is 0 Å². The summed E-state index contributed by atoms with van der Waals surface area (Å²) in [5, 5.41) is 23.3. The Balaban J connectivity index is 3.36. The highest BCUT2D eigenvalue weighted by atomic mass is 16.5. The molecule has 2 unspecified atom stereocenters. The number of hydrogen-bond acceptors (Lipinski definition) is 5. The Kier molecular flexibility index (Phi) is 75.3. The van der Waals surface area contributed by atoms with Crippen molar-refractivity contribution in [1.82, 2.24) is 5.32 Å². The van der Waals surface area contributed by atoms with Crippen LogP contribution in [0, 0.1) is 0 Å². The fraction of sp³-hybridized carbons (Fsp3) is 0.926. The minimum atomic E-state index is -0.843. The summed E-state index contributed by atoms with van der Waals surface area (Å²) in [6, 6.07) is -0.627. The van der Waals surface area contributed by atoms with Crippen LogP contribution >= 0.6 is 0 Å². The molecule has 0 aliphatic heterocycles. The van der Waals surface area contributed by atoms with E-state index in [0.29, 0.717) is 19.4 Å². The van der Waals surface area contributed by atoms with Gasteiger partial charge in [-0.2, -0.15) is 0 Å².